The van der Waals surface area contributed by atoms with E-state index >= 15 is 0 Å². The van der Waals surface area contributed by atoms with Gasteiger partial charge in [0.05, 0.1) is 12.2 Å². The molecule has 0 aromatic carbocycles. The van der Waals surface area contributed by atoms with Gasteiger partial charge >= 0.3 is 0 Å². The lowest BCUT2D eigenvalue weighted by Gasteiger charge is -2.34. The van der Waals surface area contributed by atoms with Crippen LogP contribution in [0.3, 0.4) is 0 Å². The molecule has 0 aliphatic carbocycles. The molecule has 0 aromatic rings. The van der Waals surface area contributed by atoms with Gasteiger partial charge in [0.15, 0.2) is 0 Å². The maximum absolute atomic E-state index is 12.7. The molecule has 2 atom stereocenters. The molecule has 1 N–H and O–H groups in total. The van der Waals surface area contributed by atoms with Crippen LogP contribution in [0, 0.1) is 17.8 Å². The SMILES string of the molecule is CC(C)CC1NC(C(C)C)C(=O)N1CC1CCN(C)CC1. The second-order valence-electron chi connectivity index (χ2n) is 7.77. The summed E-state index contributed by atoms with van der Waals surface area (Å²) in [6, 6.07) is 0.0139. The van der Waals surface area contributed by atoms with Crippen molar-refractivity contribution < 1.29 is 4.79 Å². The zero-order valence-corrected chi connectivity index (χ0v) is 14.4. The van der Waals surface area contributed by atoms with Gasteiger partial charge < -0.3 is 9.80 Å². The Hall–Kier alpha value is -0.610. The van der Waals surface area contributed by atoms with Gasteiger partial charge in [0.1, 0.15) is 0 Å². The van der Waals surface area contributed by atoms with E-state index < -0.39 is 0 Å². The lowest BCUT2D eigenvalue weighted by atomic mass is 9.95. The highest BCUT2D eigenvalue weighted by molar-refractivity contribution is 5.84. The summed E-state index contributed by atoms with van der Waals surface area (Å²) >= 11 is 0. The molecule has 2 aliphatic heterocycles. The number of likely N-dealkylation sites (tertiary alicyclic amines) is 1. The Morgan fingerprint density at radius 1 is 1.19 bits per heavy atom. The van der Waals surface area contributed by atoms with Crippen LogP contribution in [0.2, 0.25) is 0 Å². The molecule has 2 saturated heterocycles. The van der Waals surface area contributed by atoms with Gasteiger partial charge in [-0.15, -0.1) is 0 Å². The Bertz CT molecular complexity index is 348. The Morgan fingerprint density at radius 3 is 2.33 bits per heavy atom. The zero-order valence-electron chi connectivity index (χ0n) is 14.4. The van der Waals surface area contributed by atoms with Gasteiger partial charge in [0.25, 0.3) is 0 Å². The minimum absolute atomic E-state index is 0.0139. The van der Waals surface area contributed by atoms with E-state index in [4.69, 9.17) is 0 Å². The lowest BCUT2D eigenvalue weighted by Crippen LogP contribution is -2.43. The molecule has 2 aliphatic rings. The maximum Gasteiger partial charge on any atom is 0.241 e. The van der Waals surface area contributed by atoms with Crippen molar-refractivity contribution in [1.82, 2.24) is 15.1 Å². The molecule has 0 radical (unpaired) electrons. The summed E-state index contributed by atoms with van der Waals surface area (Å²) in [5, 5.41) is 3.59. The number of piperidine rings is 1. The second-order valence-corrected chi connectivity index (χ2v) is 7.77. The number of amides is 1. The van der Waals surface area contributed by atoms with E-state index in [0.717, 1.165) is 13.0 Å². The van der Waals surface area contributed by atoms with Crippen molar-refractivity contribution in [3.8, 4) is 0 Å². The highest BCUT2D eigenvalue weighted by Gasteiger charge is 2.41. The van der Waals surface area contributed by atoms with Gasteiger partial charge in [-0.05, 0) is 57.2 Å². The standard InChI is InChI=1S/C17H33N3O/c1-12(2)10-15-18-16(13(3)4)17(21)20(15)11-14-6-8-19(5)9-7-14/h12-16,18H,6-11H2,1-5H3. The zero-order chi connectivity index (χ0) is 15.6. The molecule has 0 saturated carbocycles. The molecule has 0 spiro atoms. The van der Waals surface area contributed by atoms with Crippen LogP contribution in [0.4, 0.5) is 0 Å². The number of carbonyl (C=O) groups is 1. The number of hydrogen-bond acceptors (Lipinski definition) is 3. The molecule has 0 aromatic heterocycles. The monoisotopic (exact) mass is 295 g/mol. The van der Waals surface area contributed by atoms with E-state index in [2.05, 4.69) is 49.9 Å². The third-order valence-electron chi connectivity index (χ3n) is 4.95. The Morgan fingerprint density at radius 2 is 1.81 bits per heavy atom. The van der Waals surface area contributed by atoms with Crippen LogP contribution in [0.1, 0.15) is 47.0 Å². The summed E-state index contributed by atoms with van der Waals surface area (Å²) in [5.74, 6) is 1.98. The number of nitrogens with one attached hydrogen (secondary N) is 1. The van der Waals surface area contributed by atoms with Crippen LogP contribution in [0.15, 0.2) is 0 Å². The van der Waals surface area contributed by atoms with E-state index in [1.54, 1.807) is 0 Å². The predicted octanol–water partition coefficient (Wildman–Crippen LogP) is 2.16. The van der Waals surface area contributed by atoms with Crippen LogP contribution in [0.5, 0.6) is 0 Å². The third-order valence-corrected chi connectivity index (χ3v) is 4.95. The fourth-order valence-electron chi connectivity index (χ4n) is 3.56. The molecule has 2 unspecified atom stereocenters. The molecule has 4 heteroatoms. The van der Waals surface area contributed by atoms with Gasteiger partial charge in [-0.25, -0.2) is 0 Å². The summed E-state index contributed by atoms with van der Waals surface area (Å²) in [7, 11) is 2.19. The average Bonchev–Trinajstić information content (AvgIpc) is 2.69. The van der Waals surface area contributed by atoms with Gasteiger partial charge in [-0.2, -0.15) is 0 Å². The molecule has 2 fully saturated rings. The van der Waals surface area contributed by atoms with Crippen molar-refractivity contribution in [2.24, 2.45) is 17.8 Å². The molecule has 2 heterocycles. The predicted molar refractivity (Wildman–Crippen MR) is 86.9 cm³/mol. The quantitative estimate of drug-likeness (QED) is 0.844. The van der Waals surface area contributed by atoms with Crippen molar-refractivity contribution in [3.05, 3.63) is 0 Å². The van der Waals surface area contributed by atoms with Crippen molar-refractivity contribution in [1.29, 1.82) is 0 Å². The summed E-state index contributed by atoms with van der Waals surface area (Å²) in [6.07, 6.45) is 3.74. The summed E-state index contributed by atoms with van der Waals surface area (Å²) < 4.78 is 0. The minimum atomic E-state index is 0.0139. The normalized spacial score (nSPS) is 29.1. The third kappa shape index (κ3) is 4.19. The highest BCUT2D eigenvalue weighted by atomic mass is 16.2. The topological polar surface area (TPSA) is 35.6 Å². The second kappa shape index (κ2) is 7.10. The molecule has 2 rings (SSSR count). The van der Waals surface area contributed by atoms with Gasteiger partial charge in [-0.3, -0.25) is 10.1 Å². The number of hydrogen-bond donors (Lipinski definition) is 1. The first-order chi connectivity index (χ1) is 9.88. The molecular weight excluding hydrogens is 262 g/mol. The van der Waals surface area contributed by atoms with Crippen molar-refractivity contribution in [2.45, 2.75) is 59.2 Å². The van der Waals surface area contributed by atoms with E-state index in [1.807, 2.05) is 0 Å². The molecule has 0 bridgehead atoms. The van der Waals surface area contributed by atoms with Crippen LogP contribution < -0.4 is 5.32 Å². The number of carbonyl (C=O) groups excluding carboxylic acids is 1. The van der Waals surface area contributed by atoms with Gasteiger partial charge in [-0.1, -0.05) is 27.7 Å². The molecule has 1 amide bonds. The Labute approximate surface area is 130 Å². The van der Waals surface area contributed by atoms with Crippen molar-refractivity contribution in [2.75, 3.05) is 26.7 Å². The first kappa shape index (κ1) is 16.8. The number of rotatable bonds is 5. The van der Waals surface area contributed by atoms with E-state index in [0.29, 0.717) is 23.7 Å². The van der Waals surface area contributed by atoms with Crippen LogP contribution >= 0.6 is 0 Å². The molecule has 4 nitrogen and oxygen atoms in total. The Kier molecular flexibility index (Phi) is 5.67. The van der Waals surface area contributed by atoms with E-state index in [1.165, 1.54) is 25.9 Å². The minimum Gasteiger partial charge on any atom is -0.325 e. The average molecular weight is 295 g/mol. The van der Waals surface area contributed by atoms with Crippen LogP contribution in [-0.2, 0) is 4.79 Å². The Balaban J connectivity index is 2.00. The molecule has 21 heavy (non-hydrogen) atoms. The smallest absolute Gasteiger partial charge is 0.241 e. The molecule has 122 valence electrons. The van der Waals surface area contributed by atoms with E-state index in [-0.39, 0.29) is 12.2 Å². The lowest BCUT2D eigenvalue weighted by molar-refractivity contribution is -0.131. The first-order valence-electron chi connectivity index (χ1n) is 8.63. The highest BCUT2D eigenvalue weighted by Crippen LogP contribution is 2.25. The van der Waals surface area contributed by atoms with Gasteiger partial charge in [0, 0.05) is 6.54 Å². The van der Waals surface area contributed by atoms with Crippen LogP contribution in [0.25, 0.3) is 0 Å². The van der Waals surface area contributed by atoms with Gasteiger partial charge in [0.2, 0.25) is 5.91 Å². The molecular formula is C17H33N3O. The van der Waals surface area contributed by atoms with Crippen molar-refractivity contribution >= 4 is 5.91 Å². The fraction of sp³-hybridized carbons (Fsp3) is 0.941. The number of nitrogens with zero attached hydrogens (tertiary/aromatic N) is 2. The largest absolute Gasteiger partial charge is 0.325 e. The fourth-order valence-corrected chi connectivity index (χ4v) is 3.56. The van der Waals surface area contributed by atoms with Crippen LogP contribution in [-0.4, -0.2) is 54.6 Å². The maximum atomic E-state index is 12.7. The first-order valence-corrected chi connectivity index (χ1v) is 8.63. The summed E-state index contributed by atoms with van der Waals surface area (Å²) in [5.41, 5.74) is 0. The van der Waals surface area contributed by atoms with Crippen molar-refractivity contribution in [3.63, 3.8) is 0 Å². The summed E-state index contributed by atoms with van der Waals surface area (Å²) in [4.78, 5) is 17.3. The summed E-state index contributed by atoms with van der Waals surface area (Å²) in [6.45, 7) is 12.0. The van der Waals surface area contributed by atoms with E-state index in [9.17, 15) is 4.79 Å².